The molecule has 0 saturated carbocycles. The summed E-state index contributed by atoms with van der Waals surface area (Å²) in [6, 6.07) is 18.6. The van der Waals surface area contributed by atoms with Gasteiger partial charge in [0.05, 0.1) is 13.2 Å². The molecular formula is C21H29N3O. The molecule has 0 atom stereocenters. The Labute approximate surface area is 151 Å². The van der Waals surface area contributed by atoms with Crippen molar-refractivity contribution in [1.82, 2.24) is 10.6 Å². The van der Waals surface area contributed by atoms with Gasteiger partial charge >= 0.3 is 0 Å². The van der Waals surface area contributed by atoms with Crippen LogP contribution in [0, 0.1) is 0 Å². The van der Waals surface area contributed by atoms with E-state index in [0.717, 1.165) is 25.5 Å². The molecule has 0 unspecified atom stereocenters. The lowest BCUT2D eigenvalue weighted by molar-refractivity contribution is 0.106. The summed E-state index contributed by atoms with van der Waals surface area (Å²) in [7, 11) is 1.80. The van der Waals surface area contributed by atoms with Crippen molar-refractivity contribution >= 4 is 5.96 Å². The molecule has 0 spiro atoms. The van der Waals surface area contributed by atoms with Crippen LogP contribution >= 0.6 is 0 Å². The lowest BCUT2D eigenvalue weighted by Gasteiger charge is -2.14. The highest BCUT2D eigenvalue weighted by Crippen LogP contribution is 2.11. The highest BCUT2D eigenvalue weighted by Gasteiger charge is 2.04. The third-order valence-corrected chi connectivity index (χ3v) is 3.98. The maximum Gasteiger partial charge on any atom is 0.191 e. The van der Waals surface area contributed by atoms with Crippen LogP contribution in [0.25, 0.3) is 0 Å². The van der Waals surface area contributed by atoms with Gasteiger partial charge in [-0.2, -0.15) is 0 Å². The van der Waals surface area contributed by atoms with Crippen molar-refractivity contribution in [2.45, 2.75) is 39.5 Å². The molecule has 25 heavy (non-hydrogen) atoms. The molecule has 0 aliphatic carbocycles. The average molecular weight is 339 g/mol. The zero-order valence-corrected chi connectivity index (χ0v) is 15.3. The molecule has 2 N–H and O–H groups in total. The minimum Gasteiger partial charge on any atom is -0.372 e. The standard InChI is InChI=1S/C21H29N3O/c1-3-4-14-23-21(22-2)24-15-19-12-8-9-13-20(19)17-25-16-18-10-6-5-7-11-18/h5-13H,3-4,14-17H2,1-2H3,(H2,22,23,24). The number of nitrogens with zero attached hydrogens (tertiary/aromatic N) is 1. The second kappa shape index (κ2) is 11.3. The average Bonchev–Trinajstić information content (AvgIpc) is 2.66. The molecule has 0 saturated heterocycles. The highest BCUT2D eigenvalue weighted by atomic mass is 16.5. The zero-order chi connectivity index (χ0) is 17.7. The first-order chi connectivity index (χ1) is 12.3. The van der Waals surface area contributed by atoms with E-state index in [4.69, 9.17) is 4.74 Å². The van der Waals surface area contributed by atoms with Crippen LogP contribution in [0.2, 0.25) is 0 Å². The van der Waals surface area contributed by atoms with Gasteiger partial charge in [0.15, 0.2) is 5.96 Å². The van der Waals surface area contributed by atoms with E-state index < -0.39 is 0 Å². The maximum atomic E-state index is 5.89. The summed E-state index contributed by atoms with van der Waals surface area (Å²) in [5.74, 6) is 0.841. The first kappa shape index (κ1) is 19.0. The summed E-state index contributed by atoms with van der Waals surface area (Å²) < 4.78 is 5.89. The van der Waals surface area contributed by atoms with E-state index in [1.165, 1.54) is 23.1 Å². The van der Waals surface area contributed by atoms with E-state index in [-0.39, 0.29) is 0 Å². The summed E-state index contributed by atoms with van der Waals surface area (Å²) in [6.45, 7) is 5.09. The predicted octanol–water partition coefficient (Wildman–Crippen LogP) is 3.87. The quantitative estimate of drug-likeness (QED) is 0.414. The highest BCUT2D eigenvalue weighted by molar-refractivity contribution is 5.79. The van der Waals surface area contributed by atoms with Crippen molar-refractivity contribution in [3.8, 4) is 0 Å². The Bertz CT molecular complexity index is 641. The van der Waals surface area contributed by atoms with Crippen molar-refractivity contribution in [2.75, 3.05) is 13.6 Å². The number of aliphatic imine (C=N–C) groups is 1. The largest absolute Gasteiger partial charge is 0.372 e. The Hall–Kier alpha value is -2.33. The van der Waals surface area contributed by atoms with Gasteiger partial charge in [0, 0.05) is 20.1 Å². The van der Waals surface area contributed by atoms with Gasteiger partial charge in [0.25, 0.3) is 0 Å². The number of nitrogens with one attached hydrogen (secondary N) is 2. The SMILES string of the molecule is CCCCNC(=NC)NCc1ccccc1COCc1ccccc1. The number of rotatable bonds is 9. The lowest BCUT2D eigenvalue weighted by atomic mass is 10.1. The molecule has 0 aliphatic heterocycles. The molecular weight excluding hydrogens is 310 g/mol. The van der Waals surface area contributed by atoms with Crippen LogP contribution < -0.4 is 10.6 Å². The summed E-state index contributed by atoms with van der Waals surface area (Å²) in [5, 5.41) is 6.71. The van der Waals surface area contributed by atoms with Crippen LogP contribution in [0.3, 0.4) is 0 Å². The number of benzene rings is 2. The van der Waals surface area contributed by atoms with Gasteiger partial charge in [-0.05, 0) is 23.1 Å². The van der Waals surface area contributed by atoms with Crippen LogP contribution in [0.15, 0.2) is 59.6 Å². The fourth-order valence-electron chi connectivity index (χ4n) is 2.51. The molecule has 2 rings (SSSR count). The van der Waals surface area contributed by atoms with Gasteiger partial charge in [-0.25, -0.2) is 0 Å². The van der Waals surface area contributed by atoms with Gasteiger partial charge in [-0.3, -0.25) is 4.99 Å². The van der Waals surface area contributed by atoms with E-state index in [0.29, 0.717) is 13.2 Å². The third-order valence-electron chi connectivity index (χ3n) is 3.98. The number of ether oxygens (including phenoxy) is 1. The Balaban J connectivity index is 1.84. The fraction of sp³-hybridized carbons (Fsp3) is 0.381. The molecule has 0 fully saturated rings. The second-order valence-corrected chi connectivity index (χ2v) is 5.95. The van der Waals surface area contributed by atoms with Crippen LogP contribution in [0.1, 0.15) is 36.5 Å². The van der Waals surface area contributed by atoms with Gasteiger partial charge in [0.2, 0.25) is 0 Å². The molecule has 4 heteroatoms. The van der Waals surface area contributed by atoms with Crippen molar-refractivity contribution in [2.24, 2.45) is 4.99 Å². The summed E-state index contributed by atoms with van der Waals surface area (Å²) in [5.41, 5.74) is 3.63. The Morgan fingerprint density at radius 3 is 2.36 bits per heavy atom. The molecule has 0 amide bonds. The van der Waals surface area contributed by atoms with Gasteiger partial charge < -0.3 is 15.4 Å². The molecule has 2 aromatic carbocycles. The third kappa shape index (κ3) is 6.98. The molecule has 0 bridgehead atoms. The van der Waals surface area contributed by atoms with E-state index in [1.54, 1.807) is 7.05 Å². The van der Waals surface area contributed by atoms with Crippen molar-refractivity contribution in [3.63, 3.8) is 0 Å². The normalized spacial score (nSPS) is 11.4. The number of guanidine groups is 1. The first-order valence-corrected chi connectivity index (χ1v) is 8.96. The Kier molecular flexibility index (Phi) is 8.56. The summed E-state index contributed by atoms with van der Waals surface area (Å²) >= 11 is 0. The van der Waals surface area contributed by atoms with Gasteiger partial charge in [-0.15, -0.1) is 0 Å². The van der Waals surface area contributed by atoms with Crippen LogP contribution in [-0.4, -0.2) is 19.6 Å². The Morgan fingerprint density at radius 1 is 0.920 bits per heavy atom. The topological polar surface area (TPSA) is 45.7 Å². The van der Waals surface area contributed by atoms with Crippen molar-refractivity contribution in [1.29, 1.82) is 0 Å². The van der Waals surface area contributed by atoms with Gasteiger partial charge in [-0.1, -0.05) is 67.9 Å². The molecule has 0 heterocycles. The Morgan fingerprint density at radius 2 is 1.64 bits per heavy atom. The van der Waals surface area contributed by atoms with Crippen LogP contribution in [0.4, 0.5) is 0 Å². The van der Waals surface area contributed by atoms with E-state index in [1.807, 2.05) is 18.2 Å². The van der Waals surface area contributed by atoms with E-state index >= 15 is 0 Å². The fourth-order valence-corrected chi connectivity index (χ4v) is 2.51. The van der Waals surface area contributed by atoms with Crippen LogP contribution in [0.5, 0.6) is 0 Å². The maximum absolute atomic E-state index is 5.89. The monoisotopic (exact) mass is 339 g/mol. The first-order valence-electron chi connectivity index (χ1n) is 8.96. The van der Waals surface area contributed by atoms with Crippen LogP contribution in [-0.2, 0) is 24.5 Å². The van der Waals surface area contributed by atoms with Crippen molar-refractivity contribution in [3.05, 3.63) is 71.3 Å². The smallest absolute Gasteiger partial charge is 0.191 e. The molecule has 0 aliphatic rings. The molecule has 134 valence electrons. The zero-order valence-electron chi connectivity index (χ0n) is 15.3. The molecule has 0 radical (unpaired) electrons. The minimum atomic E-state index is 0.606. The second-order valence-electron chi connectivity index (χ2n) is 5.95. The number of hydrogen-bond acceptors (Lipinski definition) is 2. The van der Waals surface area contributed by atoms with E-state index in [9.17, 15) is 0 Å². The van der Waals surface area contributed by atoms with E-state index in [2.05, 4.69) is 58.9 Å². The summed E-state index contributed by atoms with van der Waals surface area (Å²) in [4.78, 5) is 4.27. The van der Waals surface area contributed by atoms with Gasteiger partial charge in [0.1, 0.15) is 0 Å². The van der Waals surface area contributed by atoms with Crippen molar-refractivity contribution < 1.29 is 4.74 Å². The predicted molar refractivity (Wildman–Crippen MR) is 104 cm³/mol. The minimum absolute atomic E-state index is 0.606. The molecule has 0 aromatic heterocycles. The molecule has 2 aromatic rings. The lowest BCUT2D eigenvalue weighted by Crippen LogP contribution is -2.37. The molecule has 4 nitrogen and oxygen atoms in total. The number of unbranched alkanes of at least 4 members (excludes halogenated alkanes) is 1. The number of hydrogen-bond donors (Lipinski definition) is 2. The summed E-state index contributed by atoms with van der Waals surface area (Å²) in [6.07, 6.45) is 2.32.